The molecule has 3 atom stereocenters. The van der Waals surface area contributed by atoms with Gasteiger partial charge >= 0.3 is 0 Å². The molecule has 0 spiro atoms. The molecule has 0 aliphatic heterocycles. The second-order valence-corrected chi connectivity index (χ2v) is 11.9. The molecule has 2 saturated carbocycles. The van der Waals surface area contributed by atoms with Crippen molar-refractivity contribution >= 4 is 24.2 Å². The molecule has 0 heterocycles. The van der Waals surface area contributed by atoms with E-state index in [2.05, 4.69) is 41.6 Å². The zero-order valence-electron chi connectivity index (χ0n) is 10.9. The Kier molecular flexibility index (Phi) is 2.82. The minimum absolute atomic E-state index is 0.663. The fraction of sp³-hybridized carbons (Fsp3) is 0.714. The van der Waals surface area contributed by atoms with Crippen molar-refractivity contribution in [2.24, 2.45) is 11.8 Å². The molecule has 3 aliphatic carbocycles. The lowest BCUT2D eigenvalue weighted by molar-refractivity contribution is 0.355. The highest BCUT2D eigenvalue weighted by molar-refractivity contribution is 9.09. The first kappa shape index (κ1) is 12.0. The molecule has 94 valence electrons. The van der Waals surface area contributed by atoms with Gasteiger partial charge in [-0.25, -0.2) is 0 Å². The van der Waals surface area contributed by atoms with Crippen molar-refractivity contribution in [2.75, 3.05) is 0 Å². The summed E-state index contributed by atoms with van der Waals surface area (Å²) in [5.41, 5.74) is 3.30. The molecule has 0 radical (unpaired) electrons. The third-order valence-corrected chi connectivity index (χ3v) is 6.21. The van der Waals surface area contributed by atoms with Crippen LogP contribution < -0.4 is 0 Å². The lowest BCUT2D eigenvalue weighted by atomic mass is 9.70. The second-order valence-electron chi connectivity index (χ2n) is 6.49. The van der Waals surface area contributed by atoms with Gasteiger partial charge in [-0.15, -0.1) is 0 Å². The lowest BCUT2D eigenvalue weighted by Crippen LogP contribution is -2.37. The first-order valence-corrected chi connectivity index (χ1v) is 11.0. The van der Waals surface area contributed by atoms with E-state index in [-0.39, 0.29) is 0 Å². The molecule has 1 nitrogen and oxygen atoms in total. The van der Waals surface area contributed by atoms with Crippen LogP contribution in [0.3, 0.4) is 0 Å². The smallest absolute Gasteiger partial charge is 0.241 e. The molecule has 17 heavy (non-hydrogen) atoms. The molecule has 0 aromatic carbocycles. The maximum Gasteiger partial charge on any atom is 0.241 e. The van der Waals surface area contributed by atoms with Crippen LogP contribution in [0.1, 0.15) is 25.7 Å². The van der Waals surface area contributed by atoms with Crippen LogP contribution in [-0.4, -0.2) is 13.1 Å². The van der Waals surface area contributed by atoms with Crippen LogP contribution in [0.2, 0.25) is 19.6 Å². The molecule has 0 N–H and O–H groups in total. The minimum Gasteiger partial charge on any atom is -0.547 e. The van der Waals surface area contributed by atoms with Gasteiger partial charge in [-0.2, -0.15) is 0 Å². The number of allylic oxidation sites excluding steroid dienone is 4. The third-order valence-electron chi connectivity index (χ3n) is 4.14. The summed E-state index contributed by atoms with van der Waals surface area (Å²) in [7, 11) is -1.44. The molecule has 3 aliphatic rings. The van der Waals surface area contributed by atoms with E-state index in [4.69, 9.17) is 4.43 Å². The van der Waals surface area contributed by atoms with Gasteiger partial charge in [0.1, 0.15) is 0 Å². The molecule has 3 heteroatoms. The van der Waals surface area contributed by atoms with Crippen LogP contribution in [-0.2, 0) is 4.43 Å². The van der Waals surface area contributed by atoms with E-state index in [1.807, 2.05) is 0 Å². The molecule has 0 amide bonds. The van der Waals surface area contributed by atoms with E-state index < -0.39 is 8.32 Å². The Labute approximate surface area is 114 Å². The second kappa shape index (κ2) is 3.99. The van der Waals surface area contributed by atoms with E-state index in [9.17, 15) is 0 Å². The maximum atomic E-state index is 6.35. The number of alkyl halides is 1. The quantitative estimate of drug-likeness (QED) is 0.411. The van der Waals surface area contributed by atoms with E-state index in [0.717, 1.165) is 18.3 Å². The molecule has 0 aromatic heterocycles. The average Bonchev–Trinajstić information content (AvgIpc) is 2.54. The summed E-state index contributed by atoms with van der Waals surface area (Å²) in [5, 5.41) is 0. The summed E-state index contributed by atoms with van der Waals surface area (Å²) < 4.78 is 6.35. The number of hydrogen-bond acceptors (Lipinski definition) is 1. The van der Waals surface area contributed by atoms with Gasteiger partial charge in [0, 0.05) is 17.2 Å². The van der Waals surface area contributed by atoms with Gasteiger partial charge in [0.05, 0.1) is 5.76 Å². The summed E-state index contributed by atoms with van der Waals surface area (Å²) in [6.45, 7) is 6.88. The SMILES string of the molecule is C[Si](C)(C)OC1=C2CC[C@H]3[C@@H]2C(=CCC1)[C@@H]3Br. The zero-order valence-corrected chi connectivity index (χ0v) is 13.5. The molecular formula is C14H21BrOSi. The van der Waals surface area contributed by atoms with Gasteiger partial charge < -0.3 is 4.43 Å². The third kappa shape index (κ3) is 1.95. The summed E-state index contributed by atoms with van der Waals surface area (Å²) >= 11 is 3.85. The predicted molar refractivity (Wildman–Crippen MR) is 77.7 cm³/mol. The van der Waals surface area contributed by atoms with Crippen molar-refractivity contribution in [3.05, 3.63) is 23.0 Å². The fourth-order valence-corrected chi connectivity index (χ4v) is 5.55. The van der Waals surface area contributed by atoms with Gasteiger partial charge in [0.25, 0.3) is 0 Å². The lowest BCUT2D eigenvalue weighted by Gasteiger charge is -2.41. The number of hydrogen-bond donors (Lipinski definition) is 0. The first-order chi connectivity index (χ1) is 7.97. The highest BCUT2D eigenvalue weighted by Crippen LogP contribution is 2.59. The molecule has 2 fully saturated rings. The standard InChI is InChI=1S/C14H21BrOSi/c1-17(2,3)16-12-6-4-5-10-13-9(12)7-8-11(13)14(10)15/h5,11,13-14H,4,6-8H2,1-3H3/t11-,13-,14-/m0/s1. The Morgan fingerprint density at radius 1 is 1.29 bits per heavy atom. The van der Waals surface area contributed by atoms with Crippen molar-refractivity contribution < 1.29 is 4.43 Å². The van der Waals surface area contributed by atoms with Gasteiger partial charge in [-0.05, 0) is 50.4 Å². The van der Waals surface area contributed by atoms with E-state index in [0.29, 0.717) is 4.83 Å². The Morgan fingerprint density at radius 2 is 2.06 bits per heavy atom. The van der Waals surface area contributed by atoms with Crippen LogP contribution in [0.4, 0.5) is 0 Å². The largest absolute Gasteiger partial charge is 0.547 e. The molecule has 3 rings (SSSR count). The van der Waals surface area contributed by atoms with E-state index in [1.54, 1.807) is 11.1 Å². The van der Waals surface area contributed by atoms with Gasteiger partial charge in [-0.1, -0.05) is 27.6 Å². The van der Waals surface area contributed by atoms with Crippen LogP contribution >= 0.6 is 15.9 Å². The predicted octanol–water partition coefficient (Wildman–Crippen LogP) is 4.62. The van der Waals surface area contributed by atoms with Crippen LogP contribution in [0.5, 0.6) is 0 Å². The Morgan fingerprint density at radius 3 is 2.76 bits per heavy atom. The van der Waals surface area contributed by atoms with Crippen molar-refractivity contribution in [1.82, 2.24) is 0 Å². The van der Waals surface area contributed by atoms with Crippen LogP contribution in [0, 0.1) is 11.8 Å². The maximum absolute atomic E-state index is 6.35. The first-order valence-electron chi connectivity index (χ1n) is 6.72. The van der Waals surface area contributed by atoms with E-state index >= 15 is 0 Å². The van der Waals surface area contributed by atoms with Crippen LogP contribution in [0.25, 0.3) is 0 Å². The van der Waals surface area contributed by atoms with Gasteiger partial charge in [-0.3, -0.25) is 0 Å². The van der Waals surface area contributed by atoms with Crippen molar-refractivity contribution in [3.8, 4) is 0 Å². The number of halogens is 1. The summed E-state index contributed by atoms with van der Waals surface area (Å²) in [6.07, 6.45) is 7.39. The normalized spacial score (nSPS) is 36.0. The van der Waals surface area contributed by atoms with Gasteiger partial charge in [0.2, 0.25) is 8.32 Å². The zero-order chi connectivity index (χ0) is 12.2. The highest BCUT2D eigenvalue weighted by Gasteiger charge is 2.51. The highest BCUT2D eigenvalue weighted by atomic mass is 79.9. The Hall–Kier alpha value is -0.0231. The fourth-order valence-electron chi connectivity index (χ4n) is 3.54. The van der Waals surface area contributed by atoms with Crippen molar-refractivity contribution in [3.63, 3.8) is 0 Å². The summed E-state index contributed by atoms with van der Waals surface area (Å²) in [6, 6.07) is 0. The van der Waals surface area contributed by atoms with Crippen molar-refractivity contribution in [2.45, 2.75) is 50.2 Å². The molecule has 0 bridgehead atoms. The molecule has 0 unspecified atom stereocenters. The molecule has 0 saturated heterocycles. The van der Waals surface area contributed by atoms with Crippen LogP contribution in [0.15, 0.2) is 23.0 Å². The van der Waals surface area contributed by atoms with Gasteiger partial charge in [0.15, 0.2) is 0 Å². The number of rotatable bonds is 2. The summed E-state index contributed by atoms with van der Waals surface area (Å²) in [4.78, 5) is 0.663. The monoisotopic (exact) mass is 312 g/mol. The summed E-state index contributed by atoms with van der Waals surface area (Å²) in [5.74, 6) is 2.96. The van der Waals surface area contributed by atoms with E-state index in [1.165, 1.54) is 25.0 Å². The molecule has 0 aromatic rings. The van der Waals surface area contributed by atoms with Crippen molar-refractivity contribution in [1.29, 1.82) is 0 Å². The Balaban J connectivity index is 1.91. The molecular weight excluding hydrogens is 292 g/mol. The Bertz CT molecular complexity index is 405. The average molecular weight is 313 g/mol. The minimum atomic E-state index is -1.44. The topological polar surface area (TPSA) is 9.23 Å².